The molecule has 2 rings (SSSR count). The Morgan fingerprint density at radius 3 is 2.87 bits per heavy atom. The highest BCUT2D eigenvalue weighted by Crippen LogP contribution is 2.19. The number of hydroxylamine groups is 1. The van der Waals surface area contributed by atoms with Crippen LogP contribution in [0.1, 0.15) is 36.0 Å². The van der Waals surface area contributed by atoms with Crippen molar-refractivity contribution < 1.29 is 9.63 Å². The van der Waals surface area contributed by atoms with Crippen molar-refractivity contribution in [3.8, 4) is 0 Å². The summed E-state index contributed by atoms with van der Waals surface area (Å²) in [5, 5.41) is 7.21. The number of carbonyl (C=O) groups excluding carboxylic acids is 1. The maximum atomic E-state index is 11.5. The van der Waals surface area contributed by atoms with Crippen molar-refractivity contribution in [1.29, 1.82) is 0 Å². The first-order valence-electron chi connectivity index (χ1n) is 5.09. The van der Waals surface area contributed by atoms with Crippen LogP contribution < -0.4 is 5.48 Å². The maximum absolute atomic E-state index is 11.5. The Balaban J connectivity index is 1.82. The Bertz CT molecular complexity index is 323. The van der Waals surface area contributed by atoms with Crippen LogP contribution in [0.15, 0.2) is 18.5 Å². The summed E-state index contributed by atoms with van der Waals surface area (Å²) in [6.45, 7) is 0. The standard InChI is InChI=1S/C10H13N3O2/c14-10(8-5-6-11-12-7-8)13-15-9-3-1-2-4-9/h5-7,9H,1-4H2,(H,13,14). The van der Waals surface area contributed by atoms with Gasteiger partial charge < -0.3 is 0 Å². The van der Waals surface area contributed by atoms with E-state index in [0.717, 1.165) is 12.8 Å². The molecular weight excluding hydrogens is 194 g/mol. The van der Waals surface area contributed by atoms with Crippen molar-refractivity contribution in [2.45, 2.75) is 31.8 Å². The molecule has 5 heteroatoms. The molecule has 0 aromatic carbocycles. The summed E-state index contributed by atoms with van der Waals surface area (Å²) in [7, 11) is 0. The Kier molecular flexibility index (Phi) is 3.24. The molecule has 0 aliphatic heterocycles. The third-order valence-electron chi connectivity index (χ3n) is 2.47. The van der Waals surface area contributed by atoms with Gasteiger partial charge in [-0.25, -0.2) is 5.48 Å². The molecular formula is C10H13N3O2. The molecule has 1 saturated carbocycles. The number of amides is 1. The lowest BCUT2D eigenvalue weighted by Crippen LogP contribution is -2.28. The molecule has 0 bridgehead atoms. The quantitative estimate of drug-likeness (QED) is 0.753. The minimum absolute atomic E-state index is 0.170. The highest BCUT2D eigenvalue weighted by Gasteiger charge is 2.17. The fraction of sp³-hybridized carbons (Fsp3) is 0.500. The SMILES string of the molecule is O=C(NOC1CCCC1)c1ccnnc1. The summed E-state index contributed by atoms with van der Waals surface area (Å²) in [6.07, 6.45) is 7.46. The van der Waals surface area contributed by atoms with E-state index >= 15 is 0 Å². The molecule has 1 aliphatic rings. The van der Waals surface area contributed by atoms with Gasteiger partial charge in [-0.2, -0.15) is 10.2 Å². The first-order valence-corrected chi connectivity index (χ1v) is 5.09. The van der Waals surface area contributed by atoms with E-state index in [0.29, 0.717) is 5.56 Å². The molecule has 1 amide bonds. The first kappa shape index (κ1) is 10.0. The van der Waals surface area contributed by atoms with Crippen LogP contribution in [0.2, 0.25) is 0 Å². The van der Waals surface area contributed by atoms with Crippen LogP contribution in [0.3, 0.4) is 0 Å². The van der Waals surface area contributed by atoms with E-state index in [4.69, 9.17) is 4.84 Å². The van der Waals surface area contributed by atoms with Crippen molar-refractivity contribution in [2.24, 2.45) is 0 Å². The van der Waals surface area contributed by atoms with Crippen LogP contribution in [0.4, 0.5) is 0 Å². The second-order valence-corrected chi connectivity index (χ2v) is 3.59. The van der Waals surface area contributed by atoms with Gasteiger partial charge in [0.1, 0.15) is 0 Å². The van der Waals surface area contributed by atoms with Gasteiger partial charge in [-0.05, 0) is 18.9 Å². The first-order chi connectivity index (χ1) is 7.36. The summed E-state index contributed by atoms with van der Waals surface area (Å²) in [5.74, 6) is -0.267. The summed E-state index contributed by atoms with van der Waals surface area (Å²) in [6, 6.07) is 1.60. The van der Waals surface area contributed by atoms with Gasteiger partial charge in [0.05, 0.1) is 24.1 Å². The third kappa shape index (κ3) is 2.73. The molecule has 0 unspecified atom stereocenters. The molecule has 0 spiro atoms. The fourth-order valence-corrected chi connectivity index (χ4v) is 1.63. The number of nitrogens with one attached hydrogen (secondary N) is 1. The average Bonchev–Trinajstić information content (AvgIpc) is 2.80. The van der Waals surface area contributed by atoms with Gasteiger partial charge in [0.25, 0.3) is 5.91 Å². The number of hydrogen-bond donors (Lipinski definition) is 1. The Morgan fingerprint density at radius 2 is 2.20 bits per heavy atom. The van der Waals surface area contributed by atoms with Gasteiger partial charge in [0, 0.05) is 0 Å². The number of rotatable bonds is 3. The summed E-state index contributed by atoms with van der Waals surface area (Å²) >= 11 is 0. The van der Waals surface area contributed by atoms with E-state index in [1.54, 1.807) is 6.07 Å². The fourth-order valence-electron chi connectivity index (χ4n) is 1.63. The lowest BCUT2D eigenvalue weighted by molar-refractivity contribution is -0.0125. The average molecular weight is 207 g/mol. The maximum Gasteiger partial charge on any atom is 0.276 e. The van der Waals surface area contributed by atoms with Crippen LogP contribution in [0.5, 0.6) is 0 Å². The molecule has 0 saturated heterocycles. The molecule has 0 atom stereocenters. The lowest BCUT2D eigenvalue weighted by atomic mass is 10.3. The van der Waals surface area contributed by atoms with E-state index < -0.39 is 0 Å². The molecule has 80 valence electrons. The van der Waals surface area contributed by atoms with Crippen molar-refractivity contribution in [3.05, 3.63) is 24.0 Å². The van der Waals surface area contributed by atoms with E-state index in [1.165, 1.54) is 25.2 Å². The third-order valence-corrected chi connectivity index (χ3v) is 2.47. The van der Waals surface area contributed by atoms with E-state index in [2.05, 4.69) is 15.7 Å². The minimum atomic E-state index is -0.267. The predicted molar refractivity (Wildman–Crippen MR) is 52.8 cm³/mol. The van der Waals surface area contributed by atoms with Gasteiger partial charge in [0.15, 0.2) is 0 Å². The molecule has 1 heterocycles. The largest absolute Gasteiger partial charge is 0.276 e. The molecule has 1 aliphatic carbocycles. The van der Waals surface area contributed by atoms with Crippen molar-refractivity contribution in [1.82, 2.24) is 15.7 Å². The summed E-state index contributed by atoms with van der Waals surface area (Å²) in [5.41, 5.74) is 2.90. The van der Waals surface area contributed by atoms with Gasteiger partial charge in [-0.3, -0.25) is 9.63 Å². The van der Waals surface area contributed by atoms with E-state index in [-0.39, 0.29) is 12.0 Å². The zero-order chi connectivity index (χ0) is 10.5. The Labute approximate surface area is 87.8 Å². The highest BCUT2D eigenvalue weighted by molar-refractivity contribution is 5.92. The Morgan fingerprint density at radius 1 is 1.40 bits per heavy atom. The van der Waals surface area contributed by atoms with Gasteiger partial charge in [0.2, 0.25) is 0 Å². The molecule has 1 fully saturated rings. The molecule has 1 aromatic rings. The van der Waals surface area contributed by atoms with E-state index in [1.807, 2.05) is 0 Å². The molecule has 15 heavy (non-hydrogen) atoms. The van der Waals surface area contributed by atoms with Crippen molar-refractivity contribution in [2.75, 3.05) is 0 Å². The normalized spacial score (nSPS) is 16.5. The summed E-state index contributed by atoms with van der Waals surface area (Å²) < 4.78 is 0. The van der Waals surface area contributed by atoms with Crippen LogP contribution in [-0.4, -0.2) is 22.2 Å². The number of aromatic nitrogens is 2. The number of carbonyl (C=O) groups is 1. The molecule has 0 radical (unpaired) electrons. The van der Waals surface area contributed by atoms with Crippen LogP contribution in [-0.2, 0) is 4.84 Å². The van der Waals surface area contributed by atoms with Gasteiger partial charge in [-0.15, -0.1) is 0 Å². The number of hydrogen-bond acceptors (Lipinski definition) is 4. The lowest BCUT2D eigenvalue weighted by Gasteiger charge is -2.10. The van der Waals surface area contributed by atoms with E-state index in [9.17, 15) is 4.79 Å². The van der Waals surface area contributed by atoms with Crippen LogP contribution in [0, 0.1) is 0 Å². The van der Waals surface area contributed by atoms with Crippen molar-refractivity contribution >= 4 is 5.91 Å². The minimum Gasteiger partial charge on any atom is -0.270 e. The molecule has 1 N–H and O–H groups in total. The Hall–Kier alpha value is -1.49. The molecule has 1 aromatic heterocycles. The topological polar surface area (TPSA) is 64.1 Å². The molecule has 5 nitrogen and oxygen atoms in total. The number of nitrogens with zero attached hydrogens (tertiary/aromatic N) is 2. The zero-order valence-corrected chi connectivity index (χ0v) is 8.35. The van der Waals surface area contributed by atoms with Gasteiger partial charge >= 0.3 is 0 Å². The smallest absolute Gasteiger partial charge is 0.270 e. The second-order valence-electron chi connectivity index (χ2n) is 3.59. The van der Waals surface area contributed by atoms with Crippen LogP contribution >= 0.6 is 0 Å². The highest BCUT2D eigenvalue weighted by atomic mass is 16.7. The second kappa shape index (κ2) is 4.84. The summed E-state index contributed by atoms with van der Waals surface area (Å²) in [4.78, 5) is 16.8. The zero-order valence-electron chi connectivity index (χ0n) is 8.35. The van der Waals surface area contributed by atoms with Crippen LogP contribution in [0.25, 0.3) is 0 Å². The monoisotopic (exact) mass is 207 g/mol. The van der Waals surface area contributed by atoms with Crippen molar-refractivity contribution in [3.63, 3.8) is 0 Å². The predicted octanol–water partition coefficient (Wildman–Crippen LogP) is 1.08. The van der Waals surface area contributed by atoms with Gasteiger partial charge in [-0.1, -0.05) is 12.8 Å².